The van der Waals surface area contributed by atoms with E-state index in [1.54, 1.807) is 54.6 Å². The second kappa shape index (κ2) is 46.2. The minimum atomic E-state index is -1.74. The zero-order valence-electron chi connectivity index (χ0n) is 56.4. The second-order valence-corrected chi connectivity index (χ2v) is 23.4. The molecule has 0 aliphatic carbocycles. The number of aliphatic hydroxyl groups excluding tert-OH is 2. The number of carbonyl (C=O) groups is 13. The Morgan fingerprint density at radius 1 is 0.404 bits per heavy atom. The standard InChI is InChI=1S/C62H102N22O15/c1-34(77-60(99)49(37(4)86)84-58(97)45(30-39-19-9-6-10-20-39)78-48(88)32-73-47(87)31-74-54(93)40(65)29-38-17-7-5-8-18-38)51(90)75-35(2)52(91)81-44(24-16-28-72-62(69)70)56(95)82-42(22-12-14-26-64)57(96)83-46(33-85)59(98)76-36(3)53(92)80-43(23-15-27-71-61(67)68)55(94)79-41(50(66)89)21-11-13-25-63/h5-10,17-20,34-37,40-46,49,85-86H,11-16,21-33,63-65H2,1-4H3,(H2,66,89)(H,73,87)(H,74,93)(H,75,90)(H,76,98)(H,77,99)(H,78,88)(H,79,94)(H,80,92)(H,81,91)(H,82,95)(H,83,96)(H,84,97)(H4,67,68,71)(H4,69,70,72)/t34-,35-,36-,37+,40-,41-,42-,43-,44-,45-,46-,49-/m0/s1. The highest BCUT2D eigenvalue weighted by atomic mass is 16.3. The summed E-state index contributed by atoms with van der Waals surface area (Å²) >= 11 is 0. The molecular formula is C62H102N22O15. The zero-order chi connectivity index (χ0) is 74.1. The highest BCUT2D eigenvalue weighted by Crippen LogP contribution is 2.10. The van der Waals surface area contributed by atoms with Gasteiger partial charge in [-0.1, -0.05) is 60.7 Å². The third-order valence-corrected chi connectivity index (χ3v) is 14.9. The van der Waals surface area contributed by atoms with Crippen LogP contribution in [-0.4, -0.2) is 217 Å². The molecule has 0 saturated carbocycles. The number of nitrogens with one attached hydrogen (secondary N) is 12. The van der Waals surface area contributed by atoms with E-state index in [2.05, 4.69) is 73.8 Å². The van der Waals surface area contributed by atoms with Gasteiger partial charge in [0.2, 0.25) is 76.8 Å². The lowest BCUT2D eigenvalue weighted by Gasteiger charge is -2.27. The van der Waals surface area contributed by atoms with Crippen LogP contribution in [0.1, 0.15) is 103 Å². The molecule has 0 heterocycles. The van der Waals surface area contributed by atoms with Crippen molar-refractivity contribution >= 4 is 88.7 Å². The molecule has 0 radical (unpaired) electrons. The van der Waals surface area contributed by atoms with Gasteiger partial charge in [-0.15, -0.1) is 0 Å². The van der Waals surface area contributed by atoms with Crippen LogP contribution in [0.25, 0.3) is 0 Å². The molecule has 2 aromatic carbocycles. The number of benzene rings is 2. The SMILES string of the molecule is C[C@H](NC(=O)[C@H](C)NC(=O)[C@@H](NC(=O)[C@H](Cc1ccccc1)NC(=O)CNC(=O)CNC(=O)[C@@H](N)Cc1ccccc1)[C@@H](C)O)C(=O)N[C@@H](CCCN=C(N)N)C(=O)N[C@@H](CCCCN)C(=O)N[C@@H](CO)C(=O)N[C@@H](C)C(=O)N[C@@H](CCCN=C(N)N)C(=O)N[C@@H](CCCCN)C(N)=O. The summed E-state index contributed by atoms with van der Waals surface area (Å²) in [6.45, 7) is 3.27. The summed E-state index contributed by atoms with van der Waals surface area (Å²) in [7, 11) is 0. The number of guanidine groups is 2. The molecule has 99 heavy (non-hydrogen) atoms. The lowest BCUT2D eigenvalue weighted by atomic mass is 10.0. The first-order valence-corrected chi connectivity index (χ1v) is 32.4. The van der Waals surface area contributed by atoms with Crippen LogP contribution in [0.3, 0.4) is 0 Å². The molecule has 37 heteroatoms. The van der Waals surface area contributed by atoms with Crippen molar-refractivity contribution in [1.29, 1.82) is 0 Å². The van der Waals surface area contributed by atoms with Crippen LogP contribution < -0.4 is 110 Å². The Labute approximate surface area is 574 Å². The van der Waals surface area contributed by atoms with Crippen molar-refractivity contribution in [2.24, 2.45) is 55.9 Å². The fourth-order valence-corrected chi connectivity index (χ4v) is 9.31. The average molecular weight is 1400 g/mol. The first-order valence-electron chi connectivity index (χ1n) is 32.4. The van der Waals surface area contributed by atoms with Crippen molar-refractivity contribution in [1.82, 2.24) is 63.8 Å². The highest BCUT2D eigenvalue weighted by molar-refractivity contribution is 5.99. The third kappa shape index (κ3) is 34.1. The minimum absolute atomic E-state index is 0.0274. The van der Waals surface area contributed by atoms with E-state index in [9.17, 15) is 72.5 Å². The van der Waals surface area contributed by atoms with Gasteiger partial charge in [-0.3, -0.25) is 72.3 Å². The number of hydrogen-bond acceptors (Lipinski definition) is 20. The van der Waals surface area contributed by atoms with Crippen molar-refractivity contribution in [2.75, 3.05) is 45.9 Å². The van der Waals surface area contributed by atoms with Crippen LogP contribution in [0, 0.1) is 0 Å². The molecule has 0 saturated heterocycles. The van der Waals surface area contributed by atoms with E-state index < -0.39 is 169 Å². The maximum absolute atomic E-state index is 14.2. The van der Waals surface area contributed by atoms with E-state index >= 15 is 0 Å². The van der Waals surface area contributed by atoms with E-state index in [1.807, 2.05) is 6.07 Å². The Bertz CT molecular complexity index is 3030. The molecule has 13 amide bonds. The van der Waals surface area contributed by atoms with Crippen LogP contribution in [0.2, 0.25) is 0 Å². The minimum Gasteiger partial charge on any atom is -0.394 e. The van der Waals surface area contributed by atoms with Crippen molar-refractivity contribution in [3.05, 3.63) is 71.8 Å². The molecule has 2 aromatic rings. The van der Waals surface area contributed by atoms with Crippen molar-refractivity contribution < 1.29 is 72.5 Å². The first kappa shape index (κ1) is 85.0. The van der Waals surface area contributed by atoms with Gasteiger partial charge in [0.15, 0.2) is 11.9 Å². The smallest absolute Gasteiger partial charge is 0.245 e. The van der Waals surface area contributed by atoms with Crippen molar-refractivity contribution in [2.45, 2.75) is 177 Å². The molecule has 0 unspecified atom stereocenters. The Morgan fingerprint density at radius 3 is 1.22 bits per heavy atom. The van der Waals surface area contributed by atoms with Gasteiger partial charge in [0.25, 0.3) is 0 Å². The summed E-state index contributed by atoms with van der Waals surface area (Å²) < 4.78 is 0. The number of amides is 13. The fraction of sp³-hybridized carbons (Fsp3) is 0.565. The lowest BCUT2D eigenvalue weighted by molar-refractivity contribution is -0.136. The van der Waals surface area contributed by atoms with E-state index in [1.165, 1.54) is 27.7 Å². The molecule has 12 atom stereocenters. The molecule has 550 valence electrons. The van der Waals surface area contributed by atoms with Gasteiger partial charge in [-0.2, -0.15) is 0 Å². The van der Waals surface area contributed by atoms with Gasteiger partial charge in [-0.05, 0) is 123 Å². The molecule has 0 fully saturated rings. The zero-order valence-corrected chi connectivity index (χ0v) is 56.4. The number of rotatable bonds is 47. The molecule has 0 aromatic heterocycles. The fourth-order valence-electron chi connectivity index (χ4n) is 9.31. The first-order chi connectivity index (χ1) is 46.9. The number of aliphatic imine (C=N–C) groups is 2. The van der Waals surface area contributed by atoms with Crippen LogP contribution >= 0.6 is 0 Å². The van der Waals surface area contributed by atoms with Crippen molar-refractivity contribution in [3.8, 4) is 0 Å². The van der Waals surface area contributed by atoms with E-state index in [-0.39, 0.29) is 89.3 Å². The van der Waals surface area contributed by atoms with Gasteiger partial charge in [0.1, 0.15) is 60.4 Å². The summed E-state index contributed by atoms with van der Waals surface area (Å²) in [6.07, 6.45) is 0.210. The highest BCUT2D eigenvalue weighted by Gasteiger charge is 2.35. The summed E-state index contributed by atoms with van der Waals surface area (Å²) in [6, 6.07) is 1.92. The van der Waals surface area contributed by atoms with E-state index in [0.29, 0.717) is 31.4 Å². The molecule has 2 rings (SSSR count). The Kier molecular flexibility index (Phi) is 39.6. The predicted molar refractivity (Wildman–Crippen MR) is 364 cm³/mol. The average Bonchev–Trinajstić information content (AvgIpc) is 0.941. The van der Waals surface area contributed by atoms with E-state index in [0.717, 1.165) is 5.56 Å². The summed E-state index contributed by atoms with van der Waals surface area (Å²) in [5, 5.41) is 50.4. The molecule has 0 aliphatic heterocycles. The Morgan fingerprint density at radius 2 is 0.778 bits per heavy atom. The molecule has 0 bridgehead atoms. The lowest BCUT2D eigenvalue weighted by Crippen LogP contribution is -2.61. The number of unbranched alkanes of at least 4 members (excludes halogenated alkanes) is 2. The number of hydrogen-bond donors (Lipinski definition) is 22. The van der Waals surface area contributed by atoms with Crippen LogP contribution in [-0.2, 0) is 75.2 Å². The van der Waals surface area contributed by atoms with Gasteiger partial charge >= 0.3 is 0 Å². The number of carbonyl (C=O) groups excluding carboxylic acids is 13. The maximum atomic E-state index is 14.2. The molecule has 30 N–H and O–H groups in total. The largest absolute Gasteiger partial charge is 0.394 e. The number of aliphatic hydroxyl groups is 2. The van der Waals surface area contributed by atoms with Gasteiger partial charge in [-0.25, -0.2) is 0 Å². The second-order valence-electron chi connectivity index (χ2n) is 23.4. The maximum Gasteiger partial charge on any atom is 0.245 e. The van der Waals surface area contributed by atoms with Crippen LogP contribution in [0.5, 0.6) is 0 Å². The predicted octanol–water partition coefficient (Wildman–Crippen LogP) is -8.84. The number of nitrogens with zero attached hydrogens (tertiary/aromatic N) is 2. The summed E-state index contributed by atoms with van der Waals surface area (Å²) in [5.41, 5.74) is 46.0. The van der Waals surface area contributed by atoms with E-state index in [4.69, 9.17) is 45.9 Å². The third-order valence-electron chi connectivity index (χ3n) is 14.9. The van der Waals surface area contributed by atoms with Crippen LogP contribution in [0.4, 0.5) is 0 Å². The van der Waals surface area contributed by atoms with Crippen molar-refractivity contribution in [3.63, 3.8) is 0 Å². The van der Waals surface area contributed by atoms with Gasteiger partial charge in [0.05, 0.1) is 31.8 Å². The Hall–Kier alpha value is -10.1. The summed E-state index contributed by atoms with van der Waals surface area (Å²) in [5.74, 6) is -12.1. The quantitative estimate of drug-likeness (QED) is 0.0166. The van der Waals surface area contributed by atoms with Gasteiger partial charge < -0.3 is 120 Å². The number of nitrogens with two attached hydrogens (primary N) is 8. The molecule has 0 aliphatic rings. The molecule has 0 spiro atoms. The molecule has 37 nitrogen and oxygen atoms in total. The van der Waals surface area contributed by atoms with Crippen LogP contribution in [0.15, 0.2) is 70.6 Å². The molecular weight excluding hydrogens is 1290 g/mol. The van der Waals surface area contributed by atoms with Gasteiger partial charge in [0, 0.05) is 19.5 Å². The monoisotopic (exact) mass is 1390 g/mol. The number of primary amides is 1. The summed E-state index contributed by atoms with van der Waals surface area (Å²) in [4.78, 5) is 182. The topological polar surface area (TPSA) is 640 Å². The normalized spacial score (nSPS) is 14.5. The Balaban J connectivity index is 2.21.